The molecule has 0 saturated heterocycles. The Morgan fingerprint density at radius 1 is 1.28 bits per heavy atom. The van der Waals surface area contributed by atoms with Crippen LogP contribution in [0.15, 0.2) is 58.4 Å². The van der Waals surface area contributed by atoms with Gasteiger partial charge >= 0.3 is 0 Å². The first-order chi connectivity index (χ1) is 14.2. The van der Waals surface area contributed by atoms with E-state index in [0.29, 0.717) is 6.54 Å². The Hall–Kier alpha value is -3.29. The summed E-state index contributed by atoms with van der Waals surface area (Å²) in [7, 11) is 3.69. The molecule has 1 aromatic carbocycles. The second kappa shape index (κ2) is 10.3. The fourth-order valence-electron chi connectivity index (χ4n) is 2.97. The van der Waals surface area contributed by atoms with Crippen LogP contribution in [0.2, 0.25) is 0 Å². The van der Waals surface area contributed by atoms with Gasteiger partial charge in [0.05, 0.1) is 13.4 Å². The molecule has 0 fully saturated rings. The number of ether oxygens (including phenoxy) is 1. The lowest BCUT2D eigenvalue weighted by molar-refractivity contribution is 0.414. The van der Waals surface area contributed by atoms with Crippen LogP contribution in [0.4, 0.5) is 0 Å². The van der Waals surface area contributed by atoms with Crippen LogP contribution in [0, 0.1) is 0 Å². The first-order valence-electron chi connectivity index (χ1n) is 9.71. The summed E-state index contributed by atoms with van der Waals surface area (Å²) in [5.41, 5.74) is 1.17. The van der Waals surface area contributed by atoms with Crippen LogP contribution >= 0.6 is 0 Å². The van der Waals surface area contributed by atoms with Crippen LogP contribution in [0.1, 0.15) is 24.1 Å². The molecule has 0 amide bonds. The number of methoxy groups -OCH3 is 1. The van der Waals surface area contributed by atoms with Gasteiger partial charge in [-0.3, -0.25) is 0 Å². The minimum atomic E-state index is 0.481. The molecule has 154 valence electrons. The van der Waals surface area contributed by atoms with E-state index in [0.717, 1.165) is 49.3 Å². The van der Waals surface area contributed by atoms with E-state index in [1.165, 1.54) is 5.56 Å². The molecule has 0 aliphatic carbocycles. The van der Waals surface area contributed by atoms with Gasteiger partial charge in [-0.2, -0.15) is 0 Å². The minimum Gasteiger partial charge on any atom is -0.497 e. The zero-order valence-electron chi connectivity index (χ0n) is 17.2. The maximum absolute atomic E-state index is 5.41. The van der Waals surface area contributed by atoms with Crippen molar-refractivity contribution in [1.82, 2.24) is 25.0 Å². The smallest absolute Gasteiger partial charge is 0.194 e. The first-order valence-corrected chi connectivity index (χ1v) is 9.71. The van der Waals surface area contributed by atoms with E-state index in [1.54, 1.807) is 19.7 Å². The molecule has 0 radical (unpaired) electrons. The molecule has 2 aromatic heterocycles. The number of aromatic nitrogens is 3. The van der Waals surface area contributed by atoms with Gasteiger partial charge in [-0.1, -0.05) is 19.1 Å². The fraction of sp³-hybridized carbons (Fsp3) is 0.381. The van der Waals surface area contributed by atoms with Crippen molar-refractivity contribution in [2.75, 3.05) is 20.7 Å². The fourth-order valence-corrected chi connectivity index (χ4v) is 2.97. The third-order valence-electron chi connectivity index (χ3n) is 4.55. The van der Waals surface area contributed by atoms with Crippen molar-refractivity contribution in [3.8, 4) is 5.75 Å². The van der Waals surface area contributed by atoms with Gasteiger partial charge in [-0.15, -0.1) is 10.2 Å². The molecule has 3 aromatic rings. The number of guanidine groups is 1. The molecule has 2 heterocycles. The predicted octanol–water partition coefficient (Wildman–Crippen LogP) is 2.72. The Kier molecular flexibility index (Phi) is 7.27. The zero-order valence-corrected chi connectivity index (χ0v) is 17.2. The summed E-state index contributed by atoms with van der Waals surface area (Å²) in [5.74, 6) is 3.46. The highest BCUT2D eigenvalue weighted by molar-refractivity contribution is 5.79. The second-order valence-electron chi connectivity index (χ2n) is 6.64. The summed E-state index contributed by atoms with van der Waals surface area (Å²) in [4.78, 5) is 6.82. The highest BCUT2D eigenvalue weighted by Crippen LogP contribution is 2.13. The Morgan fingerprint density at radius 2 is 2.10 bits per heavy atom. The Balaban J connectivity index is 1.64. The van der Waals surface area contributed by atoms with E-state index < -0.39 is 0 Å². The van der Waals surface area contributed by atoms with E-state index in [9.17, 15) is 0 Å². The number of benzene rings is 1. The van der Waals surface area contributed by atoms with Crippen molar-refractivity contribution < 1.29 is 9.15 Å². The van der Waals surface area contributed by atoms with Crippen LogP contribution in [-0.4, -0.2) is 46.3 Å². The van der Waals surface area contributed by atoms with E-state index in [4.69, 9.17) is 14.1 Å². The zero-order chi connectivity index (χ0) is 20.5. The van der Waals surface area contributed by atoms with E-state index >= 15 is 0 Å². The number of rotatable bonds is 9. The van der Waals surface area contributed by atoms with Gasteiger partial charge in [0.25, 0.3) is 0 Å². The Morgan fingerprint density at radius 3 is 2.79 bits per heavy atom. The lowest BCUT2D eigenvalue weighted by Crippen LogP contribution is -2.40. The van der Waals surface area contributed by atoms with Gasteiger partial charge in [0.1, 0.15) is 30.2 Å². The quantitative estimate of drug-likeness (QED) is 0.442. The molecule has 0 bridgehead atoms. The predicted molar refractivity (Wildman–Crippen MR) is 112 cm³/mol. The summed E-state index contributed by atoms with van der Waals surface area (Å²) in [6.07, 6.45) is 4.29. The SMILES string of the molecule is CCc1nncn1CCNC(=NCc1ccco1)N(C)Cc1ccc(OC)cc1. The third-order valence-corrected chi connectivity index (χ3v) is 4.55. The number of furan rings is 1. The van der Waals surface area contributed by atoms with Crippen molar-refractivity contribution in [3.63, 3.8) is 0 Å². The van der Waals surface area contributed by atoms with Crippen LogP contribution < -0.4 is 10.1 Å². The number of aryl methyl sites for hydroxylation is 1. The normalized spacial score (nSPS) is 11.5. The molecule has 0 unspecified atom stereocenters. The molecular formula is C21H28N6O2. The van der Waals surface area contributed by atoms with Crippen molar-refractivity contribution in [1.29, 1.82) is 0 Å². The third kappa shape index (κ3) is 5.84. The highest BCUT2D eigenvalue weighted by Gasteiger charge is 2.09. The van der Waals surface area contributed by atoms with Gasteiger partial charge in [0.15, 0.2) is 5.96 Å². The molecule has 1 N–H and O–H groups in total. The van der Waals surface area contributed by atoms with Crippen molar-refractivity contribution >= 4 is 5.96 Å². The van der Waals surface area contributed by atoms with E-state index in [-0.39, 0.29) is 0 Å². The summed E-state index contributed by atoms with van der Waals surface area (Å²) in [5, 5.41) is 11.6. The van der Waals surface area contributed by atoms with Crippen LogP contribution in [0.25, 0.3) is 0 Å². The minimum absolute atomic E-state index is 0.481. The molecule has 8 nitrogen and oxygen atoms in total. The van der Waals surface area contributed by atoms with Gasteiger partial charge in [-0.25, -0.2) is 4.99 Å². The van der Waals surface area contributed by atoms with Gasteiger partial charge in [-0.05, 0) is 29.8 Å². The van der Waals surface area contributed by atoms with Crippen LogP contribution in [0.5, 0.6) is 5.75 Å². The molecule has 29 heavy (non-hydrogen) atoms. The van der Waals surface area contributed by atoms with E-state index in [2.05, 4.69) is 44.0 Å². The maximum atomic E-state index is 5.41. The van der Waals surface area contributed by atoms with Crippen LogP contribution in [-0.2, 0) is 26.1 Å². The van der Waals surface area contributed by atoms with Crippen LogP contribution in [0.3, 0.4) is 0 Å². The number of nitrogens with zero attached hydrogens (tertiary/aromatic N) is 5. The number of nitrogens with one attached hydrogen (secondary N) is 1. The second-order valence-corrected chi connectivity index (χ2v) is 6.64. The average Bonchev–Trinajstić information content (AvgIpc) is 3.42. The molecule has 0 saturated carbocycles. The number of hydrogen-bond acceptors (Lipinski definition) is 5. The van der Waals surface area contributed by atoms with Crippen molar-refractivity contribution in [2.45, 2.75) is 33.0 Å². The molecule has 3 rings (SSSR count). The largest absolute Gasteiger partial charge is 0.497 e. The molecule has 0 aliphatic rings. The summed E-state index contributed by atoms with van der Waals surface area (Å²) in [6, 6.07) is 11.9. The Labute approximate surface area is 171 Å². The Bertz CT molecular complexity index is 886. The number of aliphatic imine (C=N–C) groups is 1. The monoisotopic (exact) mass is 396 g/mol. The molecule has 0 atom stereocenters. The summed E-state index contributed by atoms with van der Waals surface area (Å²) >= 11 is 0. The van der Waals surface area contributed by atoms with Gasteiger partial charge in [0, 0.05) is 33.1 Å². The first kappa shape index (κ1) is 20.4. The lowest BCUT2D eigenvalue weighted by atomic mass is 10.2. The molecule has 0 spiro atoms. The van der Waals surface area contributed by atoms with Crippen molar-refractivity contribution in [3.05, 3.63) is 66.1 Å². The molecular weight excluding hydrogens is 368 g/mol. The van der Waals surface area contributed by atoms with E-state index in [1.807, 2.05) is 31.3 Å². The molecule has 8 heteroatoms. The highest BCUT2D eigenvalue weighted by atomic mass is 16.5. The van der Waals surface area contributed by atoms with Crippen molar-refractivity contribution in [2.24, 2.45) is 4.99 Å². The van der Waals surface area contributed by atoms with Gasteiger partial charge in [0.2, 0.25) is 0 Å². The standard InChI is InChI=1S/C21H28N6O2/c1-4-20-25-24-16-27(20)12-11-22-21(23-14-19-6-5-13-29-19)26(2)15-17-7-9-18(28-3)10-8-17/h5-10,13,16H,4,11-12,14-15H2,1-3H3,(H,22,23). The topological polar surface area (TPSA) is 80.7 Å². The summed E-state index contributed by atoms with van der Waals surface area (Å²) in [6.45, 7) is 4.77. The van der Waals surface area contributed by atoms with Gasteiger partial charge < -0.3 is 23.9 Å². The summed E-state index contributed by atoms with van der Waals surface area (Å²) < 4.78 is 12.7. The number of hydrogen-bond donors (Lipinski definition) is 1. The lowest BCUT2D eigenvalue weighted by Gasteiger charge is -2.23. The molecule has 0 aliphatic heterocycles. The average molecular weight is 396 g/mol. The maximum Gasteiger partial charge on any atom is 0.194 e.